The van der Waals surface area contributed by atoms with E-state index in [-0.39, 0.29) is 18.0 Å². The number of nitrogens with one attached hydrogen (secondary N) is 1. The minimum Gasteiger partial charge on any atom is -0.349 e. The van der Waals surface area contributed by atoms with Gasteiger partial charge in [0.2, 0.25) is 5.91 Å². The number of aryl methyl sites for hydroxylation is 1. The molecule has 1 aliphatic rings. The molecule has 18 heavy (non-hydrogen) atoms. The maximum Gasteiger partial charge on any atom is 0.222 e. The molecular formula is C13H22N4O. The fourth-order valence-electron chi connectivity index (χ4n) is 2.22. The van der Waals surface area contributed by atoms with Crippen LogP contribution in [-0.4, -0.2) is 21.7 Å². The lowest BCUT2D eigenvalue weighted by Crippen LogP contribution is -2.34. The van der Waals surface area contributed by atoms with Crippen molar-refractivity contribution in [3.8, 4) is 0 Å². The molecule has 1 saturated carbocycles. The summed E-state index contributed by atoms with van der Waals surface area (Å²) in [6.07, 6.45) is 4.58. The van der Waals surface area contributed by atoms with E-state index in [4.69, 9.17) is 5.73 Å². The van der Waals surface area contributed by atoms with Crippen LogP contribution in [0.5, 0.6) is 0 Å². The molecule has 0 saturated heterocycles. The Morgan fingerprint density at radius 1 is 1.67 bits per heavy atom. The number of amides is 1. The smallest absolute Gasteiger partial charge is 0.222 e. The normalized spacial score (nSPS) is 18.4. The zero-order valence-electron chi connectivity index (χ0n) is 11.3. The quantitative estimate of drug-likeness (QED) is 0.820. The summed E-state index contributed by atoms with van der Waals surface area (Å²) in [5.74, 6) is 0.594. The summed E-state index contributed by atoms with van der Waals surface area (Å²) in [4.78, 5) is 11.9. The van der Waals surface area contributed by atoms with Gasteiger partial charge in [-0.1, -0.05) is 0 Å². The van der Waals surface area contributed by atoms with E-state index in [1.165, 1.54) is 12.8 Å². The van der Waals surface area contributed by atoms with Gasteiger partial charge in [-0.3, -0.25) is 9.48 Å². The molecule has 0 aliphatic heterocycles. The Morgan fingerprint density at radius 2 is 2.33 bits per heavy atom. The summed E-state index contributed by atoms with van der Waals surface area (Å²) >= 11 is 0. The Hall–Kier alpha value is -1.36. The zero-order valence-corrected chi connectivity index (χ0v) is 11.3. The largest absolute Gasteiger partial charge is 0.349 e. The van der Waals surface area contributed by atoms with E-state index >= 15 is 0 Å². The van der Waals surface area contributed by atoms with Crippen molar-refractivity contribution in [2.75, 3.05) is 0 Å². The van der Waals surface area contributed by atoms with Crippen LogP contribution in [0.2, 0.25) is 0 Å². The fourth-order valence-corrected chi connectivity index (χ4v) is 2.22. The molecule has 1 heterocycles. The van der Waals surface area contributed by atoms with Gasteiger partial charge in [0.25, 0.3) is 0 Å². The highest BCUT2D eigenvalue weighted by atomic mass is 16.1. The number of aromatic nitrogens is 2. The summed E-state index contributed by atoms with van der Waals surface area (Å²) in [5.41, 5.74) is 8.09. The average Bonchev–Trinajstić information content (AvgIpc) is 3.07. The average molecular weight is 250 g/mol. The van der Waals surface area contributed by atoms with Gasteiger partial charge in [-0.2, -0.15) is 5.10 Å². The molecule has 0 bridgehead atoms. The van der Waals surface area contributed by atoms with Crippen molar-refractivity contribution in [1.29, 1.82) is 0 Å². The van der Waals surface area contributed by atoms with Gasteiger partial charge in [0.15, 0.2) is 0 Å². The highest BCUT2D eigenvalue weighted by Crippen LogP contribution is 2.32. The van der Waals surface area contributed by atoms with Gasteiger partial charge >= 0.3 is 0 Å². The summed E-state index contributed by atoms with van der Waals surface area (Å²) < 4.78 is 1.81. The van der Waals surface area contributed by atoms with E-state index < -0.39 is 0 Å². The van der Waals surface area contributed by atoms with E-state index in [1.54, 1.807) is 6.20 Å². The van der Waals surface area contributed by atoms with E-state index in [0.29, 0.717) is 12.3 Å². The van der Waals surface area contributed by atoms with Crippen molar-refractivity contribution in [1.82, 2.24) is 15.1 Å². The van der Waals surface area contributed by atoms with Crippen molar-refractivity contribution < 1.29 is 4.79 Å². The molecule has 5 nitrogen and oxygen atoms in total. The Morgan fingerprint density at radius 3 is 2.83 bits per heavy atom. The molecule has 2 rings (SSSR count). The topological polar surface area (TPSA) is 72.9 Å². The Kier molecular flexibility index (Phi) is 3.71. The molecule has 2 unspecified atom stereocenters. The molecule has 1 fully saturated rings. The lowest BCUT2D eigenvalue weighted by Gasteiger charge is -2.16. The molecule has 1 aliphatic carbocycles. The molecule has 0 aromatic carbocycles. The van der Waals surface area contributed by atoms with Gasteiger partial charge < -0.3 is 11.1 Å². The maximum atomic E-state index is 11.9. The summed E-state index contributed by atoms with van der Waals surface area (Å²) in [5, 5.41) is 7.18. The number of nitrogens with two attached hydrogens (primary N) is 1. The third-order valence-electron chi connectivity index (χ3n) is 3.77. The minimum atomic E-state index is -0.0161. The predicted octanol–water partition coefficient (Wildman–Crippen LogP) is 1.03. The van der Waals surface area contributed by atoms with Gasteiger partial charge in [-0.15, -0.1) is 0 Å². The highest BCUT2D eigenvalue weighted by Gasteiger charge is 2.30. The third-order valence-corrected chi connectivity index (χ3v) is 3.77. The van der Waals surface area contributed by atoms with Crippen LogP contribution in [0.25, 0.3) is 0 Å². The van der Waals surface area contributed by atoms with Gasteiger partial charge in [0.05, 0.1) is 12.2 Å². The fraction of sp³-hybridized carbons (Fsp3) is 0.692. The molecule has 0 radical (unpaired) electrons. The lowest BCUT2D eigenvalue weighted by molar-refractivity contribution is -0.122. The SMILES string of the molecule is Cc1c(C(C)NC(=O)CC(N)C2CC2)cnn1C. The summed E-state index contributed by atoms with van der Waals surface area (Å²) in [7, 11) is 1.90. The van der Waals surface area contributed by atoms with E-state index in [0.717, 1.165) is 11.3 Å². The van der Waals surface area contributed by atoms with E-state index in [9.17, 15) is 4.79 Å². The standard InChI is InChI=1S/C13H22N4O/c1-8(11-7-15-17(3)9(11)2)16-13(18)6-12(14)10-4-5-10/h7-8,10,12H,4-6,14H2,1-3H3,(H,16,18). The molecule has 100 valence electrons. The van der Waals surface area contributed by atoms with Crippen molar-refractivity contribution in [3.63, 3.8) is 0 Å². The molecule has 3 N–H and O–H groups in total. The molecule has 1 aromatic rings. The Bertz CT molecular complexity index is 436. The zero-order chi connectivity index (χ0) is 13.3. The first kappa shape index (κ1) is 13.1. The van der Waals surface area contributed by atoms with Crippen molar-refractivity contribution in [3.05, 3.63) is 17.5 Å². The second-order valence-electron chi connectivity index (χ2n) is 5.30. The second-order valence-corrected chi connectivity index (χ2v) is 5.30. The third kappa shape index (κ3) is 2.90. The van der Waals surface area contributed by atoms with Crippen LogP contribution in [0.15, 0.2) is 6.20 Å². The van der Waals surface area contributed by atoms with Gasteiger partial charge in [-0.05, 0) is 32.6 Å². The number of carbonyl (C=O) groups is 1. The van der Waals surface area contributed by atoms with Crippen LogP contribution in [0, 0.1) is 12.8 Å². The Balaban J connectivity index is 1.88. The number of carbonyl (C=O) groups excluding carboxylic acids is 1. The number of rotatable bonds is 5. The highest BCUT2D eigenvalue weighted by molar-refractivity contribution is 5.77. The van der Waals surface area contributed by atoms with Gasteiger partial charge in [0, 0.05) is 30.8 Å². The van der Waals surface area contributed by atoms with Gasteiger partial charge in [-0.25, -0.2) is 0 Å². The first-order chi connectivity index (χ1) is 8.49. The number of hydrogen-bond donors (Lipinski definition) is 2. The van der Waals surface area contributed by atoms with Crippen LogP contribution in [0.3, 0.4) is 0 Å². The predicted molar refractivity (Wildman–Crippen MR) is 69.8 cm³/mol. The monoisotopic (exact) mass is 250 g/mol. The molecule has 0 spiro atoms. The molecular weight excluding hydrogens is 228 g/mol. The maximum absolute atomic E-state index is 11.9. The molecule has 5 heteroatoms. The Labute approximate surface area is 108 Å². The van der Waals surface area contributed by atoms with Crippen molar-refractivity contribution in [2.45, 2.75) is 45.2 Å². The van der Waals surface area contributed by atoms with Crippen LogP contribution in [-0.2, 0) is 11.8 Å². The van der Waals surface area contributed by atoms with E-state index in [2.05, 4.69) is 10.4 Å². The lowest BCUT2D eigenvalue weighted by atomic mass is 10.1. The number of hydrogen-bond acceptors (Lipinski definition) is 3. The minimum absolute atomic E-state index is 0.0161. The van der Waals surface area contributed by atoms with Crippen molar-refractivity contribution in [2.24, 2.45) is 18.7 Å². The van der Waals surface area contributed by atoms with Crippen LogP contribution in [0.1, 0.15) is 43.5 Å². The molecule has 2 atom stereocenters. The van der Waals surface area contributed by atoms with Crippen LogP contribution < -0.4 is 11.1 Å². The molecule has 1 aromatic heterocycles. The van der Waals surface area contributed by atoms with E-state index in [1.807, 2.05) is 25.6 Å². The second kappa shape index (κ2) is 5.10. The van der Waals surface area contributed by atoms with Crippen LogP contribution in [0.4, 0.5) is 0 Å². The van der Waals surface area contributed by atoms with Gasteiger partial charge in [0.1, 0.15) is 0 Å². The first-order valence-corrected chi connectivity index (χ1v) is 6.52. The first-order valence-electron chi connectivity index (χ1n) is 6.52. The summed E-state index contributed by atoms with van der Waals surface area (Å²) in [6.45, 7) is 3.98. The summed E-state index contributed by atoms with van der Waals surface area (Å²) in [6, 6.07) is 0.00444. The van der Waals surface area contributed by atoms with Crippen molar-refractivity contribution >= 4 is 5.91 Å². The molecule has 1 amide bonds. The number of nitrogens with zero attached hydrogens (tertiary/aromatic N) is 2. The van der Waals surface area contributed by atoms with Crippen LogP contribution >= 0.6 is 0 Å².